The van der Waals surface area contributed by atoms with E-state index in [1.165, 1.54) is 30.0 Å². The highest BCUT2D eigenvalue weighted by molar-refractivity contribution is 6.05. The summed E-state index contributed by atoms with van der Waals surface area (Å²) in [5.41, 5.74) is -3.43. The van der Waals surface area contributed by atoms with Gasteiger partial charge in [0.2, 0.25) is 0 Å². The van der Waals surface area contributed by atoms with Crippen LogP contribution in [0.1, 0.15) is 60.2 Å². The summed E-state index contributed by atoms with van der Waals surface area (Å²) in [5, 5.41) is 2.09. The first-order chi connectivity index (χ1) is 16.3. The molecule has 192 valence electrons. The third-order valence-electron chi connectivity index (χ3n) is 5.16. The molecule has 0 aliphatic carbocycles. The highest BCUT2D eigenvalue weighted by Crippen LogP contribution is 2.37. The highest BCUT2D eigenvalue weighted by Gasteiger charge is 2.37. The van der Waals surface area contributed by atoms with E-state index in [0.29, 0.717) is 30.8 Å². The van der Waals surface area contributed by atoms with E-state index in [1.54, 1.807) is 0 Å². The molecule has 0 heterocycles. The molecule has 35 heavy (non-hydrogen) atoms. The Kier molecular flexibility index (Phi) is 9.17. The fourth-order valence-corrected chi connectivity index (χ4v) is 3.28. The largest absolute Gasteiger partial charge is 0.416 e. The molecule has 0 fully saturated rings. The van der Waals surface area contributed by atoms with Gasteiger partial charge >= 0.3 is 18.4 Å². The second kappa shape index (κ2) is 11.5. The van der Waals surface area contributed by atoms with E-state index in [1.807, 2.05) is 13.8 Å². The van der Waals surface area contributed by atoms with Crippen molar-refractivity contribution in [2.24, 2.45) is 0 Å². The summed E-state index contributed by atoms with van der Waals surface area (Å²) in [4.78, 5) is 26.5. The van der Waals surface area contributed by atoms with Crippen LogP contribution in [0.5, 0.6) is 5.75 Å². The highest BCUT2D eigenvalue weighted by atomic mass is 19.4. The third-order valence-corrected chi connectivity index (χ3v) is 5.16. The Hall–Kier alpha value is -3.24. The minimum Gasteiger partial charge on any atom is -0.410 e. The van der Waals surface area contributed by atoms with Crippen LogP contribution in [0.4, 0.5) is 36.8 Å². The maximum Gasteiger partial charge on any atom is 0.416 e. The lowest BCUT2D eigenvalue weighted by atomic mass is 10.1. The molecule has 0 radical (unpaired) electrons. The van der Waals surface area contributed by atoms with Gasteiger partial charge in [0.15, 0.2) is 0 Å². The van der Waals surface area contributed by atoms with Crippen LogP contribution < -0.4 is 10.1 Å². The van der Waals surface area contributed by atoms with Gasteiger partial charge in [0.05, 0.1) is 11.1 Å². The smallest absolute Gasteiger partial charge is 0.410 e. The summed E-state index contributed by atoms with van der Waals surface area (Å²) in [6, 6.07) is 4.82. The van der Waals surface area contributed by atoms with Crippen LogP contribution in [-0.4, -0.2) is 30.0 Å². The number of aryl methyl sites for hydroxylation is 1. The van der Waals surface area contributed by atoms with Gasteiger partial charge in [-0.1, -0.05) is 19.8 Å². The first-order valence-corrected chi connectivity index (χ1v) is 10.9. The number of ether oxygens (including phenoxy) is 1. The van der Waals surface area contributed by atoms with Gasteiger partial charge < -0.3 is 15.0 Å². The number of rotatable bonds is 8. The Morgan fingerprint density at radius 2 is 1.51 bits per heavy atom. The van der Waals surface area contributed by atoms with Crippen LogP contribution in [0, 0.1) is 6.92 Å². The molecule has 0 aliphatic rings. The van der Waals surface area contributed by atoms with Crippen molar-refractivity contribution < 1.29 is 40.7 Å². The summed E-state index contributed by atoms with van der Waals surface area (Å²) in [6.45, 7) is 6.32. The average molecular weight is 504 g/mol. The SMILES string of the molecule is CCCCCN(CC)C(=O)Oc1ccc(C(=O)Nc2cc(C(F)(F)F)cc(C(F)(F)F)c2)c(C)c1. The second-order valence-electron chi connectivity index (χ2n) is 7.88. The minimum atomic E-state index is -5.04. The van der Waals surface area contributed by atoms with Gasteiger partial charge in [-0.25, -0.2) is 4.79 Å². The van der Waals surface area contributed by atoms with E-state index in [9.17, 15) is 35.9 Å². The van der Waals surface area contributed by atoms with Crippen molar-refractivity contribution >= 4 is 17.7 Å². The maximum atomic E-state index is 13.1. The molecule has 0 saturated carbocycles. The van der Waals surface area contributed by atoms with Gasteiger partial charge in [0, 0.05) is 24.3 Å². The predicted molar refractivity (Wildman–Crippen MR) is 118 cm³/mol. The van der Waals surface area contributed by atoms with E-state index in [2.05, 4.69) is 5.32 Å². The zero-order valence-corrected chi connectivity index (χ0v) is 19.4. The van der Waals surface area contributed by atoms with Crippen molar-refractivity contribution in [1.29, 1.82) is 0 Å². The van der Waals surface area contributed by atoms with Crippen LogP contribution in [0.3, 0.4) is 0 Å². The Labute approximate surface area is 199 Å². The number of carbonyl (C=O) groups excluding carboxylic acids is 2. The number of hydrogen-bond acceptors (Lipinski definition) is 3. The molecule has 2 aromatic rings. The molecule has 2 amide bonds. The monoisotopic (exact) mass is 504 g/mol. The molecule has 5 nitrogen and oxygen atoms in total. The van der Waals surface area contributed by atoms with Crippen LogP contribution in [0.2, 0.25) is 0 Å². The number of carbonyl (C=O) groups is 2. The molecule has 0 spiro atoms. The zero-order valence-electron chi connectivity index (χ0n) is 19.4. The maximum absolute atomic E-state index is 13.1. The van der Waals surface area contributed by atoms with Gasteiger partial charge in [-0.05, 0) is 62.2 Å². The topological polar surface area (TPSA) is 58.6 Å². The van der Waals surface area contributed by atoms with Crippen molar-refractivity contribution in [1.82, 2.24) is 4.90 Å². The summed E-state index contributed by atoms with van der Waals surface area (Å²) in [7, 11) is 0. The van der Waals surface area contributed by atoms with E-state index in [4.69, 9.17) is 4.74 Å². The number of nitrogens with one attached hydrogen (secondary N) is 1. The summed E-state index contributed by atoms with van der Waals surface area (Å²) >= 11 is 0. The molecule has 0 bridgehead atoms. The number of anilines is 1. The molecule has 2 aromatic carbocycles. The van der Waals surface area contributed by atoms with Crippen LogP contribution in [0.25, 0.3) is 0 Å². The summed E-state index contributed by atoms with van der Waals surface area (Å²) in [5.74, 6) is -0.765. The Balaban J connectivity index is 2.20. The average Bonchev–Trinajstić information content (AvgIpc) is 2.75. The number of nitrogens with zero attached hydrogens (tertiary/aromatic N) is 1. The minimum absolute atomic E-state index is 0.00828. The van der Waals surface area contributed by atoms with Gasteiger partial charge in [0.25, 0.3) is 5.91 Å². The van der Waals surface area contributed by atoms with E-state index in [0.717, 1.165) is 19.3 Å². The number of alkyl halides is 6. The number of benzene rings is 2. The zero-order chi connectivity index (χ0) is 26.4. The van der Waals surface area contributed by atoms with Crippen molar-refractivity contribution in [3.63, 3.8) is 0 Å². The van der Waals surface area contributed by atoms with E-state index in [-0.39, 0.29) is 17.4 Å². The van der Waals surface area contributed by atoms with Crippen LogP contribution >= 0.6 is 0 Å². The molecule has 0 saturated heterocycles. The van der Waals surface area contributed by atoms with E-state index < -0.39 is 41.2 Å². The lowest BCUT2D eigenvalue weighted by Crippen LogP contribution is -2.34. The predicted octanol–water partition coefficient (Wildman–Crippen LogP) is 7.30. The van der Waals surface area contributed by atoms with Gasteiger partial charge in [0.1, 0.15) is 5.75 Å². The van der Waals surface area contributed by atoms with Gasteiger partial charge in [-0.15, -0.1) is 0 Å². The third kappa shape index (κ3) is 7.90. The quantitative estimate of drug-likeness (QED) is 0.303. The molecule has 0 atom stereocenters. The molecule has 11 heteroatoms. The van der Waals surface area contributed by atoms with Crippen molar-refractivity contribution in [2.45, 2.75) is 52.4 Å². The second-order valence-corrected chi connectivity index (χ2v) is 7.88. The van der Waals surface area contributed by atoms with Crippen LogP contribution in [0.15, 0.2) is 36.4 Å². The molecule has 2 rings (SSSR count). The molecule has 0 unspecified atom stereocenters. The summed E-state index contributed by atoms with van der Waals surface area (Å²) in [6.07, 6.45) is -7.86. The van der Waals surface area contributed by atoms with Crippen LogP contribution in [-0.2, 0) is 12.4 Å². The van der Waals surface area contributed by atoms with Gasteiger partial charge in [-0.2, -0.15) is 26.3 Å². The Morgan fingerprint density at radius 3 is 2.00 bits per heavy atom. The molecule has 0 aliphatic heterocycles. The first kappa shape index (κ1) is 28.0. The lowest BCUT2D eigenvalue weighted by molar-refractivity contribution is -0.143. The number of halogens is 6. The fraction of sp³-hybridized carbons (Fsp3) is 0.417. The lowest BCUT2D eigenvalue weighted by Gasteiger charge is -2.20. The number of hydrogen-bond donors (Lipinski definition) is 1. The number of unbranched alkanes of at least 4 members (excludes halogenated alkanes) is 2. The van der Waals surface area contributed by atoms with Crippen molar-refractivity contribution in [3.8, 4) is 5.75 Å². The number of amides is 2. The standard InChI is InChI=1S/C24H26F6N2O3/c1-4-6-7-10-32(5-2)22(34)35-19-8-9-20(15(3)11-19)21(33)31-18-13-16(23(25,26)27)12-17(14-18)24(28,29)30/h8-9,11-14H,4-7,10H2,1-3H3,(H,31,33). The molecule has 0 aromatic heterocycles. The Bertz CT molecular complexity index is 1020. The van der Waals surface area contributed by atoms with Crippen molar-refractivity contribution in [2.75, 3.05) is 18.4 Å². The molecular weight excluding hydrogens is 478 g/mol. The summed E-state index contributed by atoms with van der Waals surface area (Å²) < 4.78 is 83.7. The van der Waals surface area contributed by atoms with Gasteiger partial charge in [-0.3, -0.25) is 4.79 Å². The first-order valence-electron chi connectivity index (χ1n) is 10.9. The molecular formula is C24H26F6N2O3. The Morgan fingerprint density at radius 1 is 0.914 bits per heavy atom. The molecule has 1 N–H and O–H groups in total. The fourth-order valence-electron chi connectivity index (χ4n) is 3.28. The normalized spacial score (nSPS) is 11.8. The van der Waals surface area contributed by atoms with E-state index >= 15 is 0 Å². The van der Waals surface area contributed by atoms with Crippen molar-refractivity contribution in [3.05, 3.63) is 58.7 Å².